The van der Waals surface area contributed by atoms with Crippen molar-refractivity contribution in [2.24, 2.45) is 5.41 Å². The topological polar surface area (TPSA) is 0 Å². The van der Waals surface area contributed by atoms with E-state index in [0.29, 0.717) is 0 Å². The molecule has 0 aliphatic carbocycles. The summed E-state index contributed by atoms with van der Waals surface area (Å²) in [4.78, 5) is 7.70. The van der Waals surface area contributed by atoms with Gasteiger partial charge in [0.25, 0.3) is 0 Å². The van der Waals surface area contributed by atoms with Gasteiger partial charge < -0.3 is 0 Å². The first-order chi connectivity index (χ1) is 15.7. The normalized spacial score (nSPS) is 20.0. The van der Waals surface area contributed by atoms with Crippen molar-refractivity contribution in [3.8, 4) is 0 Å². The second-order valence-electron chi connectivity index (χ2n) is 8.43. The van der Waals surface area contributed by atoms with Crippen LogP contribution in [0.2, 0.25) is 0 Å². The van der Waals surface area contributed by atoms with Crippen LogP contribution in [0.4, 0.5) is 0 Å². The molecule has 0 fully saturated rings. The Hall–Kier alpha value is -1.11. The summed E-state index contributed by atoms with van der Waals surface area (Å²) in [5, 5.41) is 0. The summed E-state index contributed by atoms with van der Waals surface area (Å²) in [5.41, 5.74) is 2.45. The van der Waals surface area contributed by atoms with Crippen LogP contribution >= 0.6 is 58.8 Å². The summed E-state index contributed by atoms with van der Waals surface area (Å²) in [6.07, 6.45) is 8.06. The molecule has 0 unspecified atom stereocenters. The van der Waals surface area contributed by atoms with Gasteiger partial charge in [-0.05, 0) is 35.3 Å². The summed E-state index contributed by atoms with van der Waals surface area (Å²) >= 11 is 9.32. The number of thioether (sulfide) groups is 5. The van der Waals surface area contributed by atoms with Crippen molar-refractivity contribution in [3.05, 3.63) is 119 Å². The Kier molecular flexibility index (Phi) is 9.27. The maximum atomic E-state index is 4.13. The van der Waals surface area contributed by atoms with E-state index in [1.54, 1.807) is 11.8 Å². The van der Waals surface area contributed by atoms with Gasteiger partial charge in [0, 0.05) is 24.5 Å². The fraction of sp³-hybridized carbons (Fsp3) is 0.214. The quantitative estimate of drug-likeness (QED) is 0.323. The van der Waals surface area contributed by atoms with E-state index in [0.717, 1.165) is 10.5 Å². The number of benzene rings is 1. The largest absolute Gasteiger partial charge is 0.0990 e. The van der Waals surface area contributed by atoms with Crippen LogP contribution in [0.5, 0.6) is 0 Å². The standard InChI is InChI=1S/C28H30S5/c1-9-15-19(10-2)23-25(28(6,7)8)33-27(31-23)26-30-22(20-16-13-12-14-17-20)24(32-26)21(11-3)29-18(4)5/h9-17H,1-2,4H2,3,5-8H3/b19-15+,21-11-,27-26+. The van der Waals surface area contributed by atoms with Gasteiger partial charge in [-0.1, -0.05) is 154 Å². The summed E-state index contributed by atoms with van der Waals surface area (Å²) in [6.45, 7) is 23.1. The van der Waals surface area contributed by atoms with Gasteiger partial charge in [-0.25, -0.2) is 0 Å². The summed E-state index contributed by atoms with van der Waals surface area (Å²) in [7, 11) is 0. The van der Waals surface area contributed by atoms with Crippen LogP contribution in [0.1, 0.15) is 40.2 Å². The summed E-state index contributed by atoms with van der Waals surface area (Å²) in [6, 6.07) is 10.7. The van der Waals surface area contributed by atoms with Gasteiger partial charge in [0.2, 0.25) is 0 Å². The first kappa shape index (κ1) is 26.5. The van der Waals surface area contributed by atoms with E-state index < -0.39 is 0 Å². The number of hydrogen-bond acceptors (Lipinski definition) is 5. The third-order valence-electron chi connectivity index (χ3n) is 4.63. The van der Waals surface area contributed by atoms with Gasteiger partial charge in [0.15, 0.2) is 0 Å². The highest BCUT2D eigenvalue weighted by Gasteiger charge is 2.35. The highest BCUT2D eigenvalue weighted by Crippen LogP contribution is 2.66. The molecule has 0 N–H and O–H groups in total. The van der Waals surface area contributed by atoms with E-state index in [4.69, 9.17) is 0 Å². The molecule has 0 atom stereocenters. The van der Waals surface area contributed by atoms with E-state index in [1.165, 1.54) is 38.6 Å². The second-order valence-corrected chi connectivity index (χ2v) is 14.4. The van der Waals surface area contributed by atoms with Gasteiger partial charge in [0.1, 0.15) is 0 Å². The van der Waals surface area contributed by atoms with Gasteiger partial charge in [-0.15, -0.1) is 0 Å². The van der Waals surface area contributed by atoms with Crippen LogP contribution < -0.4 is 0 Å². The zero-order valence-corrected chi connectivity index (χ0v) is 23.9. The van der Waals surface area contributed by atoms with Crippen molar-refractivity contribution in [2.45, 2.75) is 34.6 Å². The molecule has 0 amide bonds. The van der Waals surface area contributed by atoms with Crippen molar-refractivity contribution in [2.75, 3.05) is 0 Å². The molecule has 0 nitrogen and oxygen atoms in total. The van der Waals surface area contributed by atoms with E-state index >= 15 is 0 Å². The predicted molar refractivity (Wildman–Crippen MR) is 162 cm³/mol. The Morgan fingerprint density at radius 2 is 1.58 bits per heavy atom. The van der Waals surface area contributed by atoms with Gasteiger partial charge >= 0.3 is 0 Å². The van der Waals surface area contributed by atoms with Crippen LogP contribution in [0.15, 0.2) is 113 Å². The van der Waals surface area contributed by atoms with Gasteiger partial charge in [0.05, 0.1) is 8.47 Å². The molecule has 3 rings (SSSR count). The Morgan fingerprint density at radius 3 is 2.12 bits per heavy atom. The van der Waals surface area contributed by atoms with Crippen molar-refractivity contribution in [1.82, 2.24) is 0 Å². The molecule has 33 heavy (non-hydrogen) atoms. The zero-order valence-electron chi connectivity index (χ0n) is 19.9. The lowest BCUT2D eigenvalue weighted by molar-refractivity contribution is 0.533. The third-order valence-corrected chi connectivity index (χ3v) is 12.0. The molecule has 5 heteroatoms. The Morgan fingerprint density at radius 1 is 0.939 bits per heavy atom. The van der Waals surface area contributed by atoms with Crippen molar-refractivity contribution in [1.29, 1.82) is 0 Å². The minimum atomic E-state index is 0.0509. The zero-order chi connectivity index (χ0) is 24.2. The van der Waals surface area contributed by atoms with Crippen LogP contribution in [0, 0.1) is 5.41 Å². The monoisotopic (exact) mass is 526 g/mol. The van der Waals surface area contributed by atoms with E-state index in [-0.39, 0.29) is 5.41 Å². The molecule has 1 aromatic rings. The Balaban J connectivity index is 2.06. The highest BCUT2D eigenvalue weighted by atomic mass is 32.2. The lowest BCUT2D eigenvalue weighted by Gasteiger charge is -2.21. The number of hydrogen-bond donors (Lipinski definition) is 0. The molecule has 2 heterocycles. The van der Waals surface area contributed by atoms with Crippen molar-refractivity contribution < 1.29 is 0 Å². The number of rotatable bonds is 7. The average Bonchev–Trinajstić information content (AvgIpc) is 3.41. The highest BCUT2D eigenvalue weighted by molar-refractivity contribution is 8.36. The van der Waals surface area contributed by atoms with Crippen LogP contribution in [0.3, 0.4) is 0 Å². The first-order valence-corrected chi connectivity index (χ1v) is 14.7. The molecule has 0 spiro atoms. The summed E-state index contributed by atoms with van der Waals surface area (Å²) < 4.78 is 2.69. The van der Waals surface area contributed by atoms with Crippen molar-refractivity contribution in [3.63, 3.8) is 0 Å². The van der Waals surface area contributed by atoms with Gasteiger partial charge in [-0.2, -0.15) is 0 Å². The van der Waals surface area contributed by atoms with Crippen molar-refractivity contribution >= 4 is 63.7 Å². The fourth-order valence-corrected chi connectivity index (χ4v) is 10.2. The van der Waals surface area contributed by atoms with E-state index in [2.05, 4.69) is 96.8 Å². The minimum Gasteiger partial charge on any atom is -0.0990 e. The third kappa shape index (κ3) is 6.32. The fourth-order valence-electron chi connectivity index (χ4n) is 3.18. The smallest absolute Gasteiger partial charge is 0.0707 e. The minimum absolute atomic E-state index is 0.0509. The molecular formula is C28H30S5. The molecule has 0 saturated carbocycles. The van der Waals surface area contributed by atoms with Crippen LogP contribution in [0.25, 0.3) is 4.91 Å². The predicted octanol–water partition coefficient (Wildman–Crippen LogP) is 11.2. The SMILES string of the molecule is C=C/C=C(\C=C)C1=C(C(C)(C)C)S/C(=C2/SC(/C(=C/C)SC(=C)C)=C(c3ccccc3)S2)S1. The molecule has 2 aliphatic heterocycles. The molecule has 1 aromatic carbocycles. The Labute approximate surface area is 221 Å². The second kappa shape index (κ2) is 11.5. The molecule has 0 aromatic heterocycles. The maximum Gasteiger partial charge on any atom is 0.0707 e. The molecular weight excluding hydrogens is 497 g/mol. The lowest BCUT2D eigenvalue weighted by atomic mass is 9.94. The Bertz CT molecular complexity index is 1120. The number of allylic oxidation sites excluding steroid dienone is 7. The van der Waals surface area contributed by atoms with E-state index in [9.17, 15) is 0 Å². The molecule has 0 radical (unpaired) electrons. The van der Waals surface area contributed by atoms with Gasteiger partial charge in [-0.3, -0.25) is 0 Å². The average molecular weight is 527 g/mol. The van der Waals surface area contributed by atoms with Crippen LogP contribution in [-0.2, 0) is 0 Å². The first-order valence-electron chi connectivity index (χ1n) is 10.6. The molecule has 172 valence electrons. The maximum absolute atomic E-state index is 4.13. The van der Waals surface area contributed by atoms with Crippen LogP contribution in [-0.4, -0.2) is 0 Å². The molecule has 0 saturated heterocycles. The summed E-state index contributed by atoms with van der Waals surface area (Å²) in [5.74, 6) is 0. The lowest BCUT2D eigenvalue weighted by Crippen LogP contribution is -2.07. The molecule has 0 bridgehead atoms. The molecule has 2 aliphatic rings. The van der Waals surface area contributed by atoms with E-state index in [1.807, 2.05) is 59.2 Å².